The molecule has 2 aromatic rings. The molecule has 2 rings (SSSR count). The Kier molecular flexibility index (Phi) is 3.97. The molecule has 0 atom stereocenters. The lowest BCUT2D eigenvalue weighted by Gasteiger charge is -2.06. The smallest absolute Gasteiger partial charge is 0.251 e. The number of nitrogens with one attached hydrogen (secondary N) is 1. The number of nitrogens with zero attached hydrogens (tertiary/aromatic N) is 1. The van der Waals surface area contributed by atoms with E-state index in [0.717, 1.165) is 5.56 Å². The fourth-order valence-corrected chi connectivity index (χ4v) is 1.53. The number of carbonyl (C=O) groups is 1. The van der Waals surface area contributed by atoms with Gasteiger partial charge in [-0.3, -0.25) is 4.79 Å². The maximum Gasteiger partial charge on any atom is 0.251 e. The summed E-state index contributed by atoms with van der Waals surface area (Å²) in [5.74, 6) is 0.473. The number of methoxy groups -OCH3 is 1. The van der Waals surface area contributed by atoms with E-state index >= 15 is 0 Å². The number of pyridine rings is 1. The van der Waals surface area contributed by atoms with Gasteiger partial charge in [-0.2, -0.15) is 0 Å². The molecule has 19 heavy (non-hydrogen) atoms. The van der Waals surface area contributed by atoms with Crippen LogP contribution in [-0.2, 0) is 6.54 Å². The number of hydrogen-bond donors (Lipinski definition) is 2. The van der Waals surface area contributed by atoms with Crippen molar-refractivity contribution in [3.63, 3.8) is 0 Å². The molecule has 5 nitrogen and oxygen atoms in total. The summed E-state index contributed by atoms with van der Waals surface area (Å²) in [4.78, 5) is 15.9. The number of phenolic OH excluding ortho intramolecular Hbond substituents is 1. The highest BCUT2D eigenvalue weighted by molar-refractivity contribution is 5.94. The fraction of sp³-hybridized carbons (Fsp3) is 0.143. The molecule has 0 radical (unpaired) electrons. The molecule has 5 heteroatoms. The number of aromatic hydroxyl groups is 1. The van der Waals surface area contributed by atoms with Crippen LogP contribution in [0.5, 0.6) is 11.6 Å². The van der Waals surface area contributed by atoms with Crippen LogP contribution in [0, 0.1) is 0 Å². The van der Waals surface area contributed by atoms with E-state index in [4.69, 9.17) is 9.84 Å². The molecule has 1 aromatic carbocycles. The molecular formula is C14H14N2O3. The first-order chi connectivity index (χ1) is 9.19. The number of amides is 1. The molecular weight excluding hydrogens is 244 g/mol. The van der Waals surface area contributed by atoms with Crippen LogP contribution in [0.4, 0.5) is 0 Å². The lowest BCUT2D eigenvalue weighted by Crippen LogP contribution is -2.22. The maximum absolute atomic E-state index is 11.8. The summed E-state index contributed by atoms with van der Waals surface area (Å²) in [5, 5.41) is 11.9. The van der Waals surface area contributed by atoms with Gasteiger partial charge in [0.05, 0.1) is 7.11 Å². The fourth-order valence-electron chi connectivity index (χ4n) is 1.53. The Morgan fingerprint density at radius 2 is 2.00 bits per heavy atom. The van der Waals surface area contributed by atoms with Gasteiger partial charge in [-0.05, 0) is 29.8 Å². The zero-order chi connectivity index (χ0) is 13.7. The highest BCUT2D eigenvalue weighted by atomic mass is 16.5. The van der Waals surface area contributed by atoms with E-state index in [2.05, 4.69) is 10.3 Å². The molecule has 1 amide bonds. The van der Waals surface area contributed by atoms with Gasteiger partial charge in [0.1, 0.15) is 5.75 Å². The van der Waals surface area contributed by atoms with Crippen LogP contribution < -0.4 is 10.1 Å². The summed E-state index contributed by atoms with van der Waals surface area (Å²) < 4.78 is 4.95. The summed E-state index contributed by atoms with van der Waals surface area (Å²) in [6.07, 6.45) is 1.65. The Hall–Kier alpha value is -2.56. The zero-order valence-electron chi connectivity index (χ0n) is 10.5. The van der Waals surface area contributed by atoms with Crippen LogP contribution in [-0.4, -0.2) is 23.1 Å². The van der Waals surface area contributed by atoms with E-state index in [1.165, 1.54) is 12.1 Å². The number of hydrogen-bond acceptors (Lipinski definition) is 4. The zero-order valence-corrected chi connectivity index (χ0v) is 10.5. The van der Waals surface area contributed by atoms with Crippen LogP contribution in [0.1, 0.15) is 15.9 Å². The second-order valence-corrected chi connectivity index (χ2v) is 3.94. The Bertz CT molecular complexity index is 550. The van der Waals surface area contributed by atoms with Crippen molar-refractivity contribution in [2.75, 3.05) is 7.11 Å². The van der Waals surface area contributed by atoms with Gasteiger partial charge in [-0.15, -0.1) is 0 Å². The number of aromatic nitrogens is 1. The lowest BCUT2D eigenvalue weighted by molar-refractivity contribution is 0.0951. The summed E-state index contributed by atoms with van der Waals surface area (Å²) in [5.41, 5.74) is 1.38. The van der Waals surface area contributed by atoms with E-state index < -0.39 is 0 Å². The van der Waals surface area contributed by atoms with E-state index in [9.17, 15) is 4.79 Å². The third-order valence-electron chi connectivity index (χ3n) is 2.59. The minimum atomic E-state index is -0.198. The van der Waals surface area contributed by atoms with Crippen molar-refractivity contribution in [2.45, 2.75) is 6.54 Å². The second-order valence-electron chi connectivity index (χ2n) is 3.94. The van der Waals surface area contributed by atoms with Crippen LogP contribution in [0.2, 0.25) is 0 Å². The summed E-state index contributed by atoms with van der Waals surface area (Å²) in [6, 6.07) is 9.66. The average Bonchev–Trinajstić information content (AvgIpc) is 2.46. The van der Waals surface area contributed by atoms with Crippen molar-refractivity contribution >= 4 is 5.91 Å². The molecule has 0 fully saturated rings. The molecule has 1 heterocycles. The Balaban J connectivity index is 1.94. The molecule has 0 saturated heterocycles. The van der Waals surface area contributed by atoms with Crippen LogP contribution in [0.3, 0.4) is 0 Å². The third kappa shape index (κ3) is 3.45. The highest BCUT2D eigenvalue weighted by Gasteiger charge is 2.05. The first-order valence-electron chi connectivity index (χ1n) is 5.75. The predicted molar refractivity (Wildman–Crippen MR) is 70.1 cm³/mol. The van der Waals surface area contributed by atoms with Gasteiger partial charge < -0.3 is 15.2 Å². The molecule has 0 unspecified atom stereocenters. The van der Waals surface area contributed by atoms with Crippen molar-refractivity contribution in [3.05, 3.63) is 53.7 Å². The first kappa shape index (κ1) is 12.9. The van der Waals surface area contributed by atoms with Gasteiger partial charge in [-0.25, -0.2) is 4.98 Å². The molecule has 0 aliphatic heterocycles. The van der Waals surface area contributed by atoms with E-state index in [1.807, 2.05) is 6.07 Å². The first-order valence-corrected chi connectivity index (χ1v) is 5.75. The monoisotopic (exact) mass is 258 g/mol. The van der Waals surface area contributed by atoms with Crippen LogP contribution >= 0.6 is 0 Å². The minimum Gasteiger partial charge on any atom is -0.508 e. The Morgan fingerprint density at radius 3 is 2.58 bits per heavy atom. The van der Waals surface area contributed by atoms with E-state index in [0.29, 0.717) is 18.0 Å². The van der Waals surface area contributed by atoms with E-state index in [1.54, 1.807) is 31.5 Å². The number of phenols is 1. The Morgan fingerprint density at radius 1 is 1.26 bits per heavy atom. The van der Waals surface area contributed by atoms with E-state index in [-0.39, 0.29) is 11.7 Å². The summed E-state index contributed by atoms with van der Waals surface area (Å²) in [6.45, 7) is 0.386. The van der Waals surface area contributed by atoms with Crippen molar-refractivity contribution in [2.24, 2.45) is 0 Å². The van der Waals surface area contributed by atoms with Gasteiger partial charge >= 0.3 is 0 Å². The van der Waals surface area contributed by atoms with Crippen molar-refractivity contribution in [1.82, 2.24) is 10.3 Å². The summed E-state index contributed by atoms with van der Waals surface area (Å²) in [7, 11) is 1.55. The van der Waals surface area contributed by atoms with Gasteiger partial charge in [0, 0.05) is 24.4 Å². The summed E-state index contributed by atoms with van der Waals surface area (Å²) >= 11 is 0. The molecule has 0 bridgehead atoms. The second kappa shape index (κ2) is 5.86. The maximum atomic E-state index is 11.8. The standard InChI is InChI=1S/C14H14N2O3/c1-19-13-7-2-10(8-15-13)9-16-14(18)11-3-5-12(17)6-4-11/h2-8,17H,9H2,1H3,(H,16,18). The number of carbonyl (C=O) groups excluding carboxylic acids is 1. The molecule has 0 saturated carbocycles. The van der Waals surface area contributed by atoms with Crippen LogP contribution in [0.15, 0.2) is 42.6 Å². The van der Waals surface area contributed by atoms with Crippen molar-refractivity contribution < 1.29 is 14.6 Å². The quantitative estimate of drug-likeness (QED) is 0.876. The van der Waals surface area contributed by atoms with Crippen LogP contribution in [0.25, 0.3) is 0 Å². The molecule has 0 spiro atoms. The SMILES string of the molecule is COc1ccc(CNC(=O)c2ccc(O)cc2)cn1. The molecule has 2 N–H and O–H groups in total. The molecule has 1 aromatic heterocycles. The Labute approximate surface area is 110 Å². The predicted octanol–water partition coefficient (Wildman–Crippen LogP) is 1.73. The van der Waals surface area contributed by atoms with Gasteiger partial charge in [0.25, 0.3) is 5.91 Å². The van der Waals surface area contributed by atoms with Gasteiger partial charge in [0.15, 0.2) is 0 Å². The van der Waals surface area contributed by atoms with Crippen molar-refractivity contribution in [1.29, 1.82) is 0 Å². The van der Waals surface area contributed by atoms with Gasteiger partial charge in [0.2, 0.25) is 5.88 Å². The molecule has 0 aliphatic rings. The molecule has 98 valence electrons. The third-order valence-corrected chi connectivity index (χ3v) is 2.59. The molecule has 0 aliphatic carbocycles. The highest BCUT2D eigenvalue weighted by Crippen LogP contribution is 2.10. The normalized spacial score (nSPS) is 9.95. The van der Waals surface area contributed by atoms with Gasteiger partial charge in [-0.1, -0.05) is 6.07 Å². The number of benzene rings is 1. The minimum absolute atomic E-state index is 0.135. The number of rotatable bonds is 4. The topological polar surface area (TPSA) is 71.5 Å². The van der Waals surface area contributed by atoms with Crippen molar-refractivity contribution in [3.8, 4) is 11.6 Å². The number of ether oxygens (including phenoxy) is 1. The largest absolute Gasteiger partial charge is 0.508 e. The average molecular weight is 258 g/mol. The lowest BCUT2D eigenvalue weighted by atomic mass is 10.2.